The van der Waals surface area contributed by atoms with Crippen LogP contribution >= 0.6 is 0 Å². The summed E-state index contributed by atoms with van der Waals surface area (Å²) in [6.07, 6.45) is 3.24. The third-order valence-corrected chi connectivity index (χ3v) is 5.92. The van der Waals surface area contributed by atoms with Crippen LogP contribution in [0.1, 0.15) is 24.4 Å². The van der Waals surface area contributed by atoms with Gasteiger partial charge in [0.05, 0.1) is 39.0 Å². The average molecular weight is 519 g/mol. The van der Waals surface area contributed by atoms with Crippen LogP contribution < -0.4 is 19.5 Å². The first-order valence-electron chi connectivity index (χ1n) is 11.9. The Balaban J connectivity index is 1.67. The van der Waals surface area contributed by atoms with E-state index in [0.717, 1.165) is 11.3 Å². The molecule has 2 heterocycles. The molecule has 38 heavy (non-hydrogen) atoms. The maximum atomic E-state index is 13.2. The molecule has 0 radical (unpaired) electrons. The third kappa shape index (κ3) is 5.64. The molecule has 0 aliphatic rings. The van der Waals surface area contributed by atoms with Gasteiger partial charge in [0.25, 0.3) is 5.91 Å². The van der Waals surface area contributed by atoms with E-state index in [-0.39, 0.29) is 30.2 Å². The SMILES string of the molecule is COc1ccc(-c2cn(-c3ccc(OC)c(OC)c3)c(NC(=O)CN(C(=O)c3ccco3)C(C)C)n2)cc1. The zero-order valence-electron chi connectivity index (χ0n) is 21.9. The number of benzene rings is 2. The molecule has 10 heteroatoms. The Labute approximate surface area is 220 Å². The van der Waals surface area contributed by atoms with Crippen molar-refractivity contribution in [1.82, 2.24) is 14.5 Å². The van der Waals surface area contributed by atoms with Crippen LogP contribution in [0.4, 0.5) is 5.95 Å². The van der Waals surface area contributed by atoms with Crippen LogP contribution in [0.2, 0.25) is 0 Å². The minimum atomic E-state index is -0.410. The van der Waals surface area contributed by atoms with Gasteiger partial charge in [-0.25, -0.2) is 4.98 Å². The van der Waals surface area contributed by atoms with Gasteiger partial charge in [0.2, 0.25) is 11.9 Å². The first-order chi connectivity index (χ1) is 18.3. The topological polar surface area (TPSA) is 108 Å². The Morgan fingerprint density at radius 1 is 1.00 bits per heavy atom. The van der Waals surface area contributed by atoms with Crippen molar-refractivity contribution in [2.75, 3.05) is 33.2 Å². The Morgan fingerprint density at radius 3 is 2.34 bits per heavy atom. The number of imidazole rings is 1. The highest BCUT2D eigenvalue weighted by Crippen LogP contribution is 2.32. The summed E-state index contributed by atoms with van der Waals surface area (Å²) in [5, 5.41) is 2.86. The Bertz CT molecular complexity index is 1390. The Kier molecular flexibility index (Phi) is 8.00. The van der Waals surface area contributed by atoms with E-state index in [0.29, 0.717) is 22.9 Å². The van der Waals surface area contributed by atoms with Crippen LogP contribution in [0.25, 0.3) is 16.9 Å². The summed E-state index contributed by atoms with van der Waals surface area (Å²) in [6, 6.07) is 15.8. The lowest BCUT2D eigenvalue weighted by molar-refractivity contribution is -0.117. The van der Waals surface area contributed by atoms with Crippen LogP contribution in [0.15, 0.2) is 71.5 Å². The lowest BCUT2D eigenvalue weighted by Crippen LogP contribution is -2.42. The summed E-state index contributed by atoms with van der Waals surface area (Å²) in [5.74, 6) is 1.48. The van der Waals surface area contributed by atoms with E-state index in [1.165, 1.54) is 11.2 Å². The molecule has 4 aromatic rings. The summed E-state index contributed by atoms with van der Waals surface area (Å²) >= 11 is 0. The van der Waals surface area contributed by atoms with Crippen molar-refractivity contribution in [3.63, 3.8) is 0 Å². The number of nitrogens with zero attached hydrogens (tertiary/aromatic N) is 3. The molecule has 198 valence electrons. The smallest absolute Gasteiger partial charge is 0.290 e. The molecule has 2 aromatic carbocycles. The third-order valence-electron chi connectivity index (χ3n) is 5.92. The number of hydrogen-bond acceptors (Lipinski definition) is 7. The van der Waals surface area contributed by atoms with Gasteiger partial charge in [-0.15, -0.1) is 0 Å². The molecule has 0 aliphatic carbocycles. The van der Waals surface area contributed by atoms with Crippen molar-refractivity contribution in [3.05, 3.63) is 72.8 Å². The molecule has 0 saturated heterocycles. The van der Waals surface area contributed by atoms with Crippen molar-refractivity contribution >= 4 is 17.8 Å². The van der Waals surface area contributed by atoms with E-state index in [1.807, 2.05) is 50.4 Å². The number of aromatic nitrogens is 2. The van der Waals surface area contributed by atoms with Gasteiger partial charge in [0.15, 0.2) is 17.3 Å². The molecule has 0 saturated carbocycles. The number of rotatable bonds is 10. The number of anilines is 1. The van der Waals surface area contributed by atoms with Gasteiger partial charge in [-0.2, -0.15) is 0 Å². The second-order valence-corrected chi connectivity index (χ2v) is 8.64. The molecule has 2 aromatic heterocycles. The minimum absolute atomic E-state index is 0.167. The van der Waals surface area contributed by atoms with E-state index in [1.54, 1.807) is 50.2 Å². The molecule has 0 bridgehead atoms. The van der Waals surface area contributed by atoms with Crippen LogP contribution in [0.3, 0.4) is 0 Å². The largest absolute Gasteiger partial charge is 0.497 e. The summed E-state index contributed by atoms with van der Waals surface area (Å²) in [6.45, 7) is 3.48. The van der Waals surface area contributed by atoms with Crippen molar-refractivity contribution in [2.24, 2.45) is 0 Å². The van der Waals surface area contributed by atoms with Gasteiger partial charge in [-0.05, 0) is 62.4 Å². The first-order valence-corrected chi connectivity index (χ1v) is 11.9. The number of carbonyl (C=O) groups is 2. The second-order valence-electron chi connectivity index (χ2n) is 8.64. The standard InChI is InChI=1S/C28H30N4O6/c1-18(2)31(27(34)24-7-6-14-38-24)17-26(33)30-28-29-22(19-8-11-21(35-3)12-9-19)16-32(28)20-10-13-23(36-4)25(15-20)37-5/h6-16,18H,17H2,1-5H3,(H,29,30,33). The zero-order chi connectivity index (χ0) is 27.2. The molecule has 0 aliphatic heterocycles. The van der Waals surface area contributed by atoms with E-state index in [4.69, 9.17) is 23.6 Å². The highest BCUT2D eigenvalue weighted by Gasteiger charge is 2.25. The number of amides is 2. The summed E-state index contributed by atoms with van der Waals surface area (Å²) in [4.78, 5) is 32.2. The van der Waals surface area contributed by atoms with Crippen molar-refractivity contribution in [1.29, 1.82) is 0 Å². The normalized spacial score (nSPS) is 10.8. The van der Waals surface area contributed by atoms with Gasteiger partial charge in [-0.1, -0.05) is 0 Å². The molecule has 0 spiro atoms. The molecule has 0 atom stereocenters. The van der Waals surface area contributed by atoms with Crippen LogP contribution in [-0.4, -0.2) is 60.2 Å². The number of ether oxygens (including phenoxy) is 3. The lowest BCUT2D eigenvalue weighted by atomic mass is 10.1. The second kappa shape index (κ2) is 11.5. The Hall–Kier alpha value is -4.73. The summed E-state index contributed by atoms with van der Waals surface area (Å²) < 4.78 is 23.1. The van der Waals surface area contributed by atoms with Crippen LogP contribution in [0, 0.1) is 0 Å². The van der Waals surface area contributed by atoms with Crippen LogP contribution in [-0.2, 0) is 4.79 Å². The summed E-state index contributed by atoms with van der Waals surface area (Å²) in [5.41, 5.74) is 2.15. The highest BCUT2D eigenvalue weighted by molar-refractivity contribution is 5.97. The fourth-order valence-electron chi connectivity index (χ4n) is 3.89. The summed E-state index contributed by atoms with van der Waals surface area (Å²) in [7, 11) is 4.72. The maximum Gasteiger partial charge on any atom is 0.290 e. The van der Waals surface area contributed by atoms with Crippen LogP contribution in [0.5, 0.6) is 17.2 Å². The monoisotopic (exact) mass is 518 g/mol. The Morgan fingerprint density at radius 2 is 1.74 bits per heavy atom. The molecule has 2 amide bonds. The molecule has 0 unspecified atom stereocenters. The van der Waals surface area contributed by atoms with Crippen molar-refractivity contribution in [2.45, 2.75) is 19.9 Å². The van der Waals surface area contributed by atoms with E-state index >= 15 is 0 Å². The average Bonchev–Trinajstić information content (AvgIpc) is 3.62. The molecule has 1 N–H and O–H groups in total. The minimum Gasteiger partial charge on any atom is -0.497 e. The van der Waals surface area contributed by atoms with Gasteiger partial charge in [-0.3, -0.25) is 19.5 Å². The number of nitrogens with one attached hydrogen (secondary N) is 1. The molecule has 10 nitrogen and oxygen atoms in total. The number of hydrogen-bond donors (Lipinski definition) is 1. The quantitative estimate of drug-likeness (QED) is 0.326. The fraction of sp³-hybridized carbons (Fsp3) is 0.250. The van der Waals surface area contributed by atoms with E-state index in [2.05, 4.69) is 5.32 Å². The molecule has 0 fully saturated rings. The number of methoxy groups -OCH3 is 3. The van der Waals surface area contributed by atoms with E-state index in [9.17, 15) is 9.59 Å². The molecular weight excluding hydrogens is 488 g/mol. The van der Waals surface area contributed by atoms with Gasteiger partial charge < -0.3 is 23.5 Å². The predicted molar refractivity (Wildman–Crippen MR) is 142 cm³/mol. The van der Waals surface area contributed by atoms with Crippen molar-refractivity contribution in [3.8, 4) is 34.2 Å². The lowest BCUT2D eigenvalue weighted by Gasteiger charge is -2.25. The molecular formula is C28H30N4O6. The predicted octanol–water partition coefficient (Wildman–Crippen LogP) is 4.65. The maximum absolute atomic E-state index is 13.2. The zero-order valence-corrected chi connectivity index (χ0v) is 21.9. The van der Waals surface area contributed by atoms with Gasteiger partial charge in [0.1, 0.15) is 12.3 Å². The van der Waals surface area contributed by atoms with Crippen molar-refractivity contribution < 1.29 is 28.2 Å². The number of furan rings is 1. The van der Waals surface area contributed by atoms with Gasteiger partial charge in [0, 0.05) is 23.9 Å². The van der Waals surface area contributed by atoms with E-state index < -0.39 is 5.91 Å². The molecule has 4 rings (SSSR count). The number of carbonyl (C=O) groups excluding carboxylic acids is 2. The highest BCUT2D eigenvalue weighted by atomic mass is 16.5. The van der Waals surface area contributed by atoms with Gasteiger partial charge >= 0.3 is 0 Å². The first kappa shape index (κ1) is 26.3. The fourth-order valence-corrected chi connectivity index (χ4v) is 3.89.